The number of aliphatic hydroxyl groups is 1. The highest BCUT2D eigenvalue weighted by Gasteiger charge is 2.62. The van der Waals surface area contributed by atoms with Gasteiger partial charge in [-0.3, -0.25) is 4.79 Å². The normalized spacial score (nSPS) is 47.8. The van der Waals surface area contributed by atoms with Crippen molar-refractivity contribution < 1.29 is 19.4 Å². The van der Waals surface area contributed by atoms with Crippen molar-refractivity contribution in [1.82, 2.24) is 0 Å². The highest BCUT2D eigenvalue weighted by atomic mass is 16.7. The Morgan fingerprint density at radius 2 is 2.25 bits per heavy atom. The second kappa shape index (κ2) is 4.52. The molecule has 0 bridgehead atoms. The number of allylic oxidation sites excluding steroid dienone is 1. The predicted molar refractivity (Wildman–Crippen MR) is 73.9 cm³/mol. The molecule has 1 aliphatic heterocycles. The zero-order valence-electron chi connectivity index (χ0n) is 12.3. The molecule has 110 valence electrons. The number of ether oxygens (including phenoxy) is 2. The van der Waals surface area contributed by atoms with Gasteiger partial charge in [-0.1, -0.05) is 19.6 Å². The molecule has 2 fully saturated rings. The SMILES string of the molecule is C=C1[C@H](OC)O[C@H]2C(C)=CC[C@@H]3[C@@H]2[C@@]1(O)C(=O)C[C@H]3C. The van der Waals surface area contributed by atoms with Gasteiger partial charge < -0.3 is 14.6 Å². The fourth-order valence-corrected chi connectivity index (χ4v) is 4.17. The van der Waals surface area contributed by atoms with Gasteiger partial charge in [-0.05, 0) is 30.8 Å². The predicted octanol–water partition coefficient (Wildman–Crippen LogP) is 1.84. The Morgan fingerprint density at radius 1 is 1.55 bits per heavy atom. The van der Waals surface area contributed by atoms with Gasteiger partial charge >= 0.3 is 0 Å². The van der Waals surface area contributed by atoms with E-state index in [9.17, 15) is 9.90 Å². The molecule has 1 saturated carbocycles. The average molecular weight is 278 g/mol. The summed E-state index contributed by atoms with van der Waals surface area (Å²) in [6.07, 6.45) is 2.46. The molecule has 4 heteroatoms. The first-order chi connectivity index (χ1) is 9.41. The van der Waals surface area contributed by atoms with Gasteiger partial charge in [0, 0.05) is 25.0 Å². The molecule has 1 saturated heterocycles. The Kier molecular flexibility index (Phi) is 3.16. The van der Waals surface area contributed by atoms with Crippen molar-refractivity contribution in [2.75, 3.05) is 7.11 Å². The van der Waals surface area contributed by atoms with E-state index < -0.39 is 11.9 Å². The standard InChI is InChI=1S/C16H22O4/c1-8-5-6-11-9(2)7-12(17)16(18)10(3)15(19-4)20-14(8)13(11)16/h5,9,11,13-15,18H,3,6-7H2,1-2,4H3/t9-,11+,13+,14+,15-,16+/m1/s1. The van der Waals surface area contributed by atoms with Gasteiger partial charge in [0.2, 0.25) is 0 Å². The fourth-order valence-electron chi connectivity index (χ4n) is 4.17. The Morgan fingerprint density at radius 3 is 2.90 bits per heavy atom. The minimum Gasteiger partial charge on any atom is -0.377 e. The molecule has 0 aromatic heterocycles. The highest BCUT2D eigenvalue weighted by molar-refractivity contribution is 5.92. The Hall–Kier alpha value is -0.970. The summed E-state index contributed by atoms with van der Waals surface area (Å²) in [6.45, 7) is 7.98. The number of hydrogen-bond donors (Lipinski definition) is 1. The van der Waals surface area contributed by atoms with E-state index in [1.807, 2.05) is 6.92 Å². The third-order valence-electron chi connectivity index (χ3n) is 5.35. The summed E-state index contributed by atoms with van der Waals surface area (Å²) in [5, 5.41) is 11.1. The van der Waals surface area contributed by atoms with Crippen LogP contribution in [0.15, 0.2) is 23.8 Å². The van der Waals surface area contributed by atoms with Gasteiger partial charge in [-0.15, -0.1) is 0 Å². The molecule has 2 aliphatic carbocycles. The lowest BCUT2D eigenvalue weighted by atomic mass is 9.55. The van der Waals surface area contributed by atoms with Gasteiger partial charge in [0.15, 0.2) is 17.7 Å². The molecule has 4 nitrogen and oxygen atoms in total. The van der Waals surface area contributed by atoms with Crippen molar-refractivity contribution >= 4 is 5.78 Å². The van der Waals surface area contributed by atoms with Gasteiger partial charge in [0.05, 0.1) is 6.10 Å². The van der Waals surface area contributed by atoms with Crippen LogP contribution in [0.3, 0.4) is 0 Å². The van der Waals surface area contributed by atoms with E-state index in [1.165, 1.54) is 7.11 Å². The minimum absolute atomic E-state index is 0.138. The summed E-state index contributed by atoms with van der Waals surface area (Å²) in [5.41, 5.74) is -0.0741. The lowest BCUT2D eigenvalue weighted by Gasteiger charge is -2.56. The van der Waals surface area contributed by atoms with Crippen molar-refractivity contribution in [2.45, 2.75) is 44.7 Å². The van der Waals surface area contributed by atoms with Crippen molar-refractivity contribution in [2.24, 2.45) is 17.8 Å². The van der Waals surface area contributed by atoms with Gasteiger partial charge in [-0.25, -0.2) is 0 Å². The zero-order chi connectivity index (χ0) is 14.7. The minimum atomic E-state index is -1.50. The van der Waals surface area contributed by atoms with Crippen LogP contribution in [0.1, 0.15) is 26.7 Å². The first kappa shape index (κ1) is 14.0. The van der Waals surface area contributed by atoms with Crippen molar-refractivity contribution in [3.8, 4) is 0 Å². The molecular formula is C16H22O4. The van der Waals surface area contributed by atoms with Crippen LogP contribution in [0.4, 0.5) is 0 Å². The molecule has 1 heterocycles. The van der Waals surface area contributed by atoms with Gasteiger partial charge in [0.1, 0.15) is 0 Å². The van der Waals surface area contributed by atoms with Crippen molar-refractivity contribution in [1.29, 1.82) is 0 Å². The largest absolute Gasteiger partial charge is 0.377 e. The van der Waals surface area contributed by atoms with Crippen LogP contribution in [-0.2, 0) is 14.3 Å². The summed E-state index contributed by atoms with van der Waals surface area (Å²) in [7, 11) is 1.51. The second-order valence-corrected chi connectivity index (χ2v) is 6.39. The smallest absolute Gasteiger partial charge is 0.183 e. The number of ketones is 1. The molecule has 0 spiro atoms. The van der Waals surface area contributed by atoms with E-state index in [0.717, 1.165) is 12.0 Å². The number of rotatable bonds is 1. The molecule has 3 rings (SSSR count). The molecule has 0 aromatic carbocycles. The molecule has 0 amide bonds. The maximum Gasteiger partial charge on any atom is 0.183 e. The number of carbonyl (C=O) groups excluding carboxylic acids is 1. The van der Waals surface area contributed by atoms with Crippen LogP contribution in [0.2, 0.25) is 0 Å². The zero-order valence-corrected chi connectivity index (χ0v) is 12.3. The van der Waals surface area contributed by atoms with Crippen molar-refractivity contribution in [3.05, 3.63) is 23.8 Å². The van der Waals surface area contributed by atoms with E-state index in [0.29, 0.717) is 12.0 Å². The monoisotopic (exact) mass is 278 g/mol. The second-order valence-electron chi connectivity index (χ2n) is 6.39. The summed E-state index contributed by atoms with van der Waals surface area (Å²) in [6, 6.07) is 0. The van der Waals surface area contributed by atoms with Crippen LogP contribution in [0, 0.1) is 17.8 Å². The maximum absolute atomic E-state index is 12.5. The van der Waals surface area contributed by atoms with Crippen molar-refractivity contribution in [3.63, 3.8) is 0 Å². The third-order valence-corrected chi connectivity index (χ3v) is 5.35. The molecule has 0 aromatic rings. The molecule has 3 aliphatic rings. The van der Waals surface area contributed by atoms with Crippen LogP contribution in [-0.4, -0.2) is 36.0 Å². The molecule has 6 atom stereocenters. The molecule has 20 heavy (non-hydrogen) atoms. The van der Waals surface area contributed by atoms with E-state index >= 15 is 0 Å². The number of Topliss-reactive ketones (excluding diaryl/α,β-unsaturated/α-hetero) is 1. The lowest BCUT2D eigenvalue weighted by molar-refractivity contribution is -0.227. The highest BCUT2D eigenvalue weighted by Crippen LogP contribution is 2.53. The summed E-state index contributed by atoms with van der Waals surface area (Å²) >= 11 is 0. The van der Waals surface area contributed by atoms with E-state index in [1.54, 1.807) is 0 Å². The van der Waals surface area contributed by atoms with Gasteiger partial charge in [0.25, 0.3) is 0 Å². The lowest BCUT2D eigenvalue weighted by Crippen LogP contribution is -2.66. The summed E-state index contributed by atoms with van der Waals surface area (Å²) in [5.74, 6) is 0.139. The Labute approximate surface area is 119 Å². The average Bonchev–Trinajstić information content (AvgIpc) is 2.41. The van der Waals surface area contributed by atoms with Crippen LogP contribution in [0.5, 0.6) is 0 Å². The summed E-state index contributed by atoms with van der Waals surface area (Å²) in [4.78, 5) is 12.5. The Bertz CT molecular complexity index is 495. The number of methoxy groups -OCH3 is 1. The quantitative estimate of drug-likeness (QED) is 0.744. The molecule has 0 unspecified atom stereocenters. The first-order valence-electron chi connectivity index (χ1n) is 7.21. The van der Waals surface area contributed by atoms with Crippen LogP contribution in [0.25, 0.3) is 0 Å². The Balaban J connectivity index is 2.12. The number of carbonyl (C=O) groups is 1. The van der Waals surface area contributed by atoms with E-state index in [-0.39, 0.29) is 29.6 Å². The van der Waals surface area contributed by atoms with E-state index in [2.05, 4.69) is 19.6 Å². The molecule has 1 N–H and O–H groups in total. The first-order valence-corrected chi connectivity index (χ1v) is 7.21. The third kappa shape index (κ3) is 1.62. The molecule has 0 radical (unpaired) electrons. The van der Waals surface area contributed by atoms with Gasteiger partial charge in [-0.2, -0.15) is 0 Å². The maximum atomic E-state index is 12.5. The summed E-state index contributed by atoms with van der Waals surface area (Å²) < 4.78 is 11.2. The van der Waals surface area contributed by atoms with E-state index in [4.69, 9.17) is 9.47 Å². The molecular weight excluding hydrogens is 256 g/mol. The van der Waals surface area contributed by atoms with Crippen LogP contribution >= 0.6 is 0 Å². The topological polar surface area (TPSA) is 55.8 Å². The van der Waals surface area contributed by atoms with Crippen LogP contribution < -0.4 is 0 Å². The fraction of sp³-hybridized carbons (Fsp3) is 0.688. The number of hydrogen-bond acceptors (Lipinski definition) is 4.